The quantitative estimate of drug-likeness (QED) is 0.0737. The Balaban J connectivity index is 2.01. The molecule has 0 aromatic carbocycles. The van der Waals surface area contributed by atoms with Crippen molar-refractivity contribution in [1.29, 1.82) is 0 Å². The first-order valence-corrected chi connectivity index (χ1v) is 17.4. The molecule has 0 saturated heterocycles. The average molecular weight is 518 g/mol. The summed E-state index contributed by atoms with van der Waals surface area (Å²) < 4.78 is 5.06. The molecule has 2 nitrogen and oxygen atoms in total. The Morgan fingerprint density at radius 1 is 0.459 bits per heavy atom. The van der Waals surface area contributed by atoms with E-state index in [2.05, 4.69) is 42.3 Å². The number of rotatable bonds is 29. The van der Waals surface area contributed by atoms with Gasteiger partial charge in [-0.15, -0.1) is 0 Å². The van der Waals surface area contributed by atoms with E-state index in [1.807, 2.05) is 0 Å². The predicted molar refractivity (Wildman–Crippen MR) is 165 cm³/mol. The summed E-state index contributed by atoms with van der Waals surface area (Å²) in [6.45, 7) is 9.24. The fraction of sp³-hybridized carbons (Fsp3) is 0.914. The Morgan fingerprint density at radius 3 is 1.19 bits per heavy atom. The molecule has 1 aromatic heterocycles. The molecule has 0 aliphatic rings. The molecule has 0 N–H and O–H groups in total. The zero-order chi connectivity index (χ0) is 26.7. The molecule has 0 bridgehead atoms. The summed E-state index contributed by atoms with van der Waals surface area (Å²) in [6.07, 6.45) is 43.3. The van der Waals surface area contributed by atoms with Crippen LogP contribution in [0.15, 0.2) is 12.4 Å². The SMILES string of the molecule is CCCCCCCCCCCCCCCCn1cc[n+](CC)c1CCCCCCCCCCCCCC. The van der Waals surface area contributed by atoms with Crippen molar-refractivity contribution in [3.05, 3.63) is 18.2 Å². The smallest absolute Gasteiger partial charge is 0.235 e. The molecule has 2 heteroatoms. The summed E-state index contributed by atoms with van der Waals surface area (Å²) >= 11 is 0. The minimum absolute atomic E-state index is 1.11. The van der Waals surface area contributed by atoms with E-state index in [9.17, 15) is 0 Å². The summed E-state index contributed by atoms with van der Waals surface area (Å²) in [4.78, 5) is 0. The Kier molecular flexibility index (Phi) is 24.8. The van der Waals surface area contributed by atoms with Gasteiger partial charge in [0.1, 0.15) is 12.4 Å². The number of aryl methyl sites for hydroxylation is 2. The fourth-order valence-electron chi connectivity index (χ4n) is 5.88. The van der Waals surface area contributed by atoms with Gasteiger partial charge in [-0.05, 0) is 26.2 Å². The predicted octanol–water partition coefficient (Wildman–Crippen LogP) is 11.5. The maximum Gasteiger partial charge on any atom is 0.256 e. The van der Waals surface area contributed by atoms with Crippen molar-refractivity contribution in [2.45, 2.75) is 207 Å². The average Bonchev–Trinajstić information content (AvgIpc) is 3.31. The Bertz CT molecular complexity index is 576. The van der Waals surface area contributed by atoms with Crippen molar-refractivity contribution in [2.24, 2.45) is 0 Å². The van der Waals surface area contributed by atoms with Gasteiger partial charge in [-0.1, -0.05) is 162 Å². The number of unbranched alkanes of at least 4 members (excludes halogenated alkanes) is 24. The standard InChI is InChI=1S/C35H69N2/c1-4-7-9-11-13-15-17-19-20-22-24-26-28-30-32-37-34-33-36(6-3)35(37)31-29-27-25-23-21-18-16-14-12-10-8-5-2/h33-34H,4-32H2,1-3H3/q+1. The summed E-state index contributed by atoms with van der Waals surface area (Å²) in [5.74, 6) is 1.57. The lowest BCUT2D eigenvalue weighted by Crippen LogP contribution is -2.36. The minimum Gasteiger partial charge on any atom is -0.235 e. The van der Waals surface area contributed by atoms with Crippen molar-refractivity contribution in [1.82, 2.24) is 4.57 Å². The topological polar surface area (TPSA) is 8.81 Å². The van der Waals surface area contributed by atoms with Crippen molar-refractivity contribution in [3.8, 4) is 0 Å². The summed E-state index contributed by atoms with van der Waals surface area (Å²) in [6, 6.07) is 0. The van der Waals surface area contributed by atoms with E-state index in [1.54, 1.807) is 5.82 Å². The normalized spacial score (nSPS) is 11.5. The molecular weight excluding hydrogens is 448 g/mol. The van der Waals surface area contributed by atoms with Crippen LogP contribution in [0.3, 0.4) is 0 Å². The van der Waals surface area contributed by atoms with E-state index in [0.29, 0.717) is 0 Å². The Morgan fingerprint density at radius 2 is 0.811 bits per heavy atom. The van der Waals surface area contributed by atoms with E-state index in [1.165, 1.54) is 180 Å². The van der Waals surface area contributed by atoms with E-state index < -0.39 is 0 Å². The van der Waals surface area contributed by atoms with Gasteiger partial charge in [0.2, 0.25) is 0 Å². The molecule has 0 aliphatic heterocycles. The van der Waals surface area contributed by atoms with Crippen LogP contribution < -0.4 is 4.57 Å². The highest BCUT2D eigenvalue weighted by Gasteiger charge is 2.15. The molecular formula is C35H69N2+. The van der Waals surface area contributed by atoms with Crippen molar-refractivity contribution in [3.63, 3.8) is 0 Å². The van der Waals surface area contributed by atoms with Crippen LogP contribution in [-0.4, -0.2) is 4.57 Å². The van der Waals surface area contributed by atoms with Crippen LogP contribution in [-0.2, 0) is 19.5 Å². The number of hydrogen-bond acceptors (Lipinski definition) is 0. The first-order valence-electron chi connectivity index (χ1n) is 17.4. The Labute approximate surface area is 234 Å². The van der Waals surface area contributed by atoms with Crippen LogP contribution in [0.1, 0.15) is 194 Å². The van der Waals surface area contributed by atoms with Crippen LogP contribution in [0, 0.1) is 0 Å². The largest absolute Gasteiger partial charge is 0.256 e. The van der Waals surface area contributed by atoms with E-state index in [4.69, 9.17) is 0 Å². The van der Waals surface area contributed by atoms with Gasteiger partial charge in [-0.3, -0.25) is 0 Å². The second kappa shape index (κ2) is 26.8. The lowest BCUT2D eigenvalue weighted by atomic mass is 10.0. The molecule has 0 saturated carbocycles. The van der Waals surface area contributed by atoms with E-state index in [-0.39, 0.29) is 0 Å². The minimum atomic E-state index is 1.11. The van der Waals surface area contributed by atoms with Gasteiger partial charge < -0.3 is 0 Å². The maximum atomic E-state index is 2.57. The van der Waals surface area contributed by atoms with Crippen molar-refractivity contribution in [2.75, 3.05) is 0 Å². The Hall–Kier alpha value is -0.790. The number of aromatic nitrogens is 2. The second-order valence-electron chi connectivity index (χ2n) is 11.9. The molecule has 0 atom stereocenters. The monoisotopic (exact) mass is 518 g/mol. The maximum absolute atomic E-state index is 2.57. The summed E-state index contributed by atoms with van der Waals surface area (Å²) in [5.41, 5.74) is 0. The molecule has 0 spiro atoms. The first kappa shape index (κ1) is 34.2. The lowest BCUT2D eigenvalue weighted by Gasteiger charge is -2.06. The highest BCUT2D eigenvalue weighted by atomic mass is 15.1. The van der Waals surface area contributed by atoms with Crippen LogP contribution in [0.25, 0.3) is 0 Å². The van der Waals surface area contributed by atoms with Gasteiger partial charge in [0.25, 0.3) is 5.82 Å². The van der Waals surface area contributed by atoms with Gasteiger partial charge in [-0.2, -0.15) is 0 Å². The van der Waals surface area contributed by atoms with Crippen molar-refractivity contribution < 1.29 is 4.57 Å². The number of nitrogens with zero attached hydrogens (tertiary/aromatic N) is 2. The molecule has 1 heterocycles. The van der Waals surface area contributed by atoms with Crippen LogP contribution in [0.4, 0.5) is 0 Å². The molecule has 37 heavy (non-hydrogen) atoms. The van der Waals surface area contributed by atoms with Crippen LogP contribution in [0.5, 0.6) is 0 Å². The summed E-state index contributed by atoms with van der Waals surface area (Å²) in [5, 5.41) is 0. The molecule has 0 amide bonds. The van der Waals surface area contributed by atoms with Crippen LogP contribution in [0.2, 0.25) is 0 Å². The highest BCUT2D eigenvalue weighted by molar-refractivity contribution is 4.84. The van der Waals surface area contributed by atoms with E-state index in [0.717, 1.165) is 6.54 Å². The van der Waals surface area contributed by atoms with Crippen LogP contribution >= 0.6 is 0 Å². The van der Waals surface area contributed by atoms with Crippen molar-refractivity contribution >= 4 is 0 Å². The van der Waals surface area contributed by atoms with Gasteiger partial charge in [0.05, 0.1) is 13.1 Å². The molecule has 218 valence electrons. The first-order chi connectivity index (χ1) is 18.3. The third-order valence-electron chi connectivity index (χ3n) is 8.44. The van der Waals surface area contributed by atoms with Gasteiger partial charge in [-0.25, -0.2) is 9.13 Å². The third kappa shape index (κ3) is 19.9. The fourth-order valence-corrected chi connectivity index (χ4v) is 5.88. The second-order valence-corrected chi connectivity index (χ2v) is 11.9. The van der Waals surface area contributed by atoms with Gasteiger partial charge in [0, 0.05) is 6.42 Å². The molecule has 0 unspecified atom stereocenters. The lowest BCUT2D eigenvalue weighted by molar-refractivity contribution is -0.700. The zero-order valence-electron chi connectivity index (χ0n) is 26.1. The number of hydrogen-bond donors (Lipinski definition) is 0. The summed E-state index contributed by atoms with van der Waals surface area (Å²) in [7, 11) is 0. The highest BCUT2D eigenvalue weighted by Crippen LogP contribution is 2.15. The molecule has 0 fully saturated rings. The zero-order valence-corrected chi connectivity index (χ0v) is 26.1. The van der Waals surface area contributed by atoms with Gasteiger partial charge >= 0.3 is 0 Å². The molecule has 1 aromatic rings. The van der Waals surface area contributed by atoms with E-state index >= 15 is 0 Å². The number of imidazole rings is 1. The molecule has 0 radical (unpaired) electrons. The molecule has 0 aliphatic carbocycles. The molecule has 1 rings (SSSR count). The van der Waals surface area contributed by atoms with Gasteiger partial charge in [0.15, 0.2) is 0 Å². The third-order valence-corrected chi connectivity index (χ3v) is 8.44.